The van der Waals surface area contributed by atoms with Crippen LogP contribution in [0.1, 0.15) is 37.1 Å². The smallest absolute Gasteiger partial charge is 0.237 e. The Balaban J connectivity index is 1.39. The molecule has 0 aromatic carbocycles. The summed E-state index contributed by atoms with van der Waals surface area (Å²) < 4.78 is 2.16. The number of amides is 1. The maximum absolute atomic E-state index is 12.9. The lowest BCUT2D eigenvalue weighted by Crippen LogP contribution is -2.52. The highest BCUT2D eigenvalue weighted by molar-refractivity contribution is 5.82. The van der Waals surface area contributed by atoms with Gasteiger partial charge in [-0.1, -0.05) is 6.42 Å². The minimum atomic E-state index is -0.0221. The van der Waals surface area contributed by atoms with Gasteiger partial charge in [-0.15, -0.1) is 0 Å². The van der Waals surface area contributed by atoms with Crippen LogP contribution in [0, 0.1) is 0 Å². The molecule has 1 amide bonds. The first kappa shape index (κ1) is 16.3. The molecule has 0 radical (unpaired) electrons. The molecule has 1 saturated heterocycles. The van der Waals surface area contributed by atoms with Gasteiger partial charge in [-0.3, -0.25) is 14.7 Å². The van der Waals surface area contributed by atoms with E-state index in [1.54, 1.807) is 0 Å². The SMILES string of the molecule is O=C(N[C@@H]1CCc2nccn2C1)[C@@H]1CCCCN1Cc1ccncc1. The second-order valence-electron chi connectivity index (χ2n) is 7.08. The van der Waals surface area contributed by atoms with Gasteiger partial charge in [0, 0.05) is 50.3 Å². The predicted molar refractivity (Wildman–Crippen MR) is 94.8 cm³/mol. The van der Waals surface area contributed by atoms with Crippen molar-refractivity contribution in [1.29, 1.82) is 0 Å². The van der Waals surface area contributed by atoms with E-state index >= 15 is 0 Å². The first-order chi connectivity index (χ1) is 12.3. The van der Waals surface area contributed by atoms with Crippen molar-refractivity contribution in [2.45, 2.75) is 57.3 Å². The van der Waals surface area contributed by atoms with E-state index in [1.165, 1.54) is 5.56 Å². The zero-order valence-corrected chi connectivity index (χ0v) is 14.5. The van der Waals surface area contributed by atoms with Crippen LogP contribution >= 0.6 is 0 Å². The monoisotopic (exact) mass is 339 g/mol. The van der Waals surface area contributed by atoms with Gasteiger partial charge in [0.2, 0.25) is 5.91 Å². The van der Waals surface area contributed by atoms with Crippen LogP contribution in [0.3, 0.4) is 0 Å². The molecule has 4 rings (SSSR count). The molecule has 0 saturated carbocycles. The summed E-state index contributed by atoms with van der Waals surface area (Å²) in [5.74, 6) is 1.31. The molecule has 2 aliphatic rings. The Hall–Kier alpha value is -2.21. The van der Waals surface area contributed by atoms with Crippen molar-refractivity contribution >= 4 is 5.91 Å². The summed E-state index contributed by atoms with van der Waals surface area (Å²) in [7, 11) is 0. The van der Waals surface area contributed by atoms with Crippen LogP contribution in [0.25, 0.3) is 0 Å². The summed E-state index contributed by atoms with van der Waals surface area (Å²) in [6.45, 7) is 2.63. The molecule has 1 fully saturated rings. The quantitative estimate of drug-likeness (QED) is 0.922. The van der Waals surface area contributed by atoms with Crippen molar-refractivity contribution < 1.29 is 4.79 Å². The molecule has 0 bridgehead atoms. The molecule has 0 spiro atoms. The Morgan fingerprint density at radius 3 is 2.96 bits per heavy atom. The molecule has 2 aliphatic heterocycles. The molecule has 2 atom stereocenters. The van der Waals surface area contributed by atoms with Gasteiger partial charge in [0.1, 0.15) is 5.82 Å². The van der Waals surface area contributed by atoms with Crippen LogP contribution in [-0.4, -0.2) is 44.0 Å². The van der Waals surface area contributed by atoms with Gasteiger partial charge in [-0.05, 0) is 43.5 Å². The molecule has 2 aromatic heterocycles. The summed E-state index contributed by atoms with van der Waals surface area (Å²) in [6.07, 6.45) is 12.6. The predicted octanol–water partition coefficient (Wildman–Crippen LogP) is 1.76. The molecule has 6 nitrogen and oxygen atoms in total. The van der Waals surface area contributed by atoms with E-state index < -0.39 is 0 Å². The highest BCUT2D eigenvalue weighted by Crippen LogP contribution is 2.21. The summed E-state index contributed by atoms with van der Waals surface area (Å²) >= 11 is 0. The van der Waals surface area contributed by atoms with Crippen molar-refractivity contribution in [3.8, 4) is 0 Å². The average Bonchev–Trinajstić information content (AvgIpc) is 3.11. The van der Waals surface area contributed by atoms with Gasteiger partial charge in [-0.2, -0.15) is 0 Å². The Morgan fingerprint density at radius 2 is 2.08 bits per heavy atom. The molecule has 2 aromatic rings. The number of aromatic nitrogens is 3. The number of piperidine rings is 1. The average molecular weight is 339 g/mol. The number of pyridine rings is 1. The minimum absolute atomic E-state index is 0.0221. The van der Waals surface area contributed by atoms with E-state index in [-0.39, 0.29) is 18.0 Å². The summed E-state index contributed by atoms with van der Waals surface area (Å²) in [6, 6.07) is 4.25. The number of fused-ring (bicyclic) bond motifs is 1. The first-order valence-electron chi connectivity index (χ1n) is 9.23. The third-order valence-electron chi connectivity index (χ3n) is 5.33. The van der Waals surface area contributed by atoms with E-state index in [2.05, 4.69) is 24.8 Å². The number of carbonyl (C=O) groups is 1. The van der Waals surface area contributed by atoms with Gasteiger partial charge in [0.05, 0.1) is 6.04 Å². The first-order valence-corrected chi connectivity index (χ1v) is 9.23. The summed E-state index contributed by atoms with van der Waals surface area (Å²) in [4.78, 5) is 23.7. The number of carbonyl (C=O) groups excluding carboxylic acids is 1. The van der Waals surface area contributed by atoms with Crippen molar-refractivity contribution in [1.82, 2.24) is 24.8 Å². The number of hydrogen-bond donors (Lipinski definition) is 1. The summed E-state index contributed by atoms with van der Waals surface area (Å²) in [5.41, 5.74) is 1.22. The fourth-order valence-corrected chi connectivity index (χ4v) is 3.98. The van der Waals surface area contributed by atoms with Gasteiger partial charge in [0.25, 0.3) is 0 Å². The largest absolute Gasteiger partial charge is 0.350 e. The zero-order valence-electron chi connectivity index (χ0n) is 14.5. The Labute approximate surface area is 148 Å². The molecule has 6 heteroatoms. The zero-order chi connectivity index (χ0) is 17.1. The standard InChI is InChI=1S/C19H25N5O/c25-19(22-16-4-5-18-21-10-12-24(18)14-16)17-3-1-2-11-23(17)13-15-6-8-20-9-7-15/h6-10,12,16-17H,1-5,11,13-14H2,(H,22,25)/t16-,17+/m1/s1. The maximum atomic E-state index is 12.9. The van der Waals surface area contributed by atoms with Crippen molar-refractivity contribution in [2.75, 3.05) is 6.54 Å². The molecule has 1 N–H and O–H groups in total. The van der Waals surface area contributed by atoms with Crippen LogP contribution in [0.15, 0.2) is 36.9 Å². The second kappa shape index (κ2) is 7.35. The third-order valence-corrected chi connectivity index (χ3v) is 5.33. The van der Waals surface area contributed by atoms with Gasteiger partial charge in [-0.25, -0.2) is 4.98 Å². The lowest BCUT2D eigenvalue weighted by atomic mass is 9.99. The third kappa shape index (κ3) is 3.74. The van der Waals surface area contributed by atoms with Crippen molar-refractivity contribution in [3.05, 3.63) is 48.3 Å². The second-order valence-corrected chi connectivity index (χ2v) is 7.08. The fourth-order valence-electron chi connectivity index (χ4n) is 3.98. The molecule has 0 aliphatic carbocycles. The topological polar surface area (TPSA) is 63.1 Å². The van der Waals surface area contributed by atoms with Gasteiger partial charge in [0.15, 0.2) is 0 Å². The Kier molecular flexibility index (Phi) is 4.78. The lowest BCUT2D eigenvalue weighted by molar-refractivity contribution is -0.128. The van der Waals surface area contributed by atoms with Crippen LogP contribution in [0.5, 0.6) is 0 Å². The number of rotatable bonds is 4. The number of likely N-dealkylation sites (tertiary alicyclic amines) is 1. The van der Waals surface area contributed by atoms with Gasteiger partial charge >= 0.3 is 0 Å². The van der Waals surface area contributed by atoms with Crippen molar-refractivity contribution in [3.63, 3.8) is 0 Å². The van der Waals surface area contributed by atoms with E-state index in [4.69, 9.17) is 0 Å². The molecule has 4 heterocycles. The van der Waals surface area contributed by atoms with Crippen LogP contribution in [0.4, 0.5) is 0 Å². The number of nitrogens with zero attached hydrogens (tertiary/aromatic N) is 4. The molecule has 0 unspecified atom stereocenters. The normalized spacial score (nSPS) is 23.8. The number of nitrogens with one attached hydrogen (secondary N) is 1. The Morgan fingerprint density at radius 1 is 1.20 bits per heavy atom. The van der Waals surface area contributed by atoms with Crippen LogP contribution < -0.4 is 5.32 Å². The van der Waals surface area contributed by atoms with E-state index in [1.807, 2.05) is 36.9 Å². The molecule has 132 valence electrons. The van der Waals surface area contributed by atoms with Crippen LogP contribution in [0.2, 0.25) is 0 Å². The number of aryl methyl sites for hydroxylation is 1. The Bertz CT molecular complexity index is 714. The highest BCUT2D eigenvalue weighted by atomic mass is 16.2. The maximum Gasteiger partial charge on any atom is 0.237 e. The molecular weight excluding hydrogens is 314 g/mol. The lowest BCUT2D eigenvalue weighted by Gasteiger charge is -2.36. The molecule has 25 heavy (non-hydrogen) atoms. The van der Waals surface area contributed by atoms with E-state index in [0.29, 0.717) is 0 Å². The highest BCUT2D eigenvalue weighted by Gasteiger charge is 2.30. The van der Waals surface area contributed by atoms with Gasteiger partial charge < -0.3 is 9.88 Å². The number of imidazole rings is 1. The van der Waals surface area contributed by atoms with E-state index in [0.717, 1.165) is 57.6 Å². The van der Waals surface area contributed by atoms with Crippen molar-refractivity contribution in [2.24, 2.45) is 0 Å². The molecular formula is C19H25N5O. The summed E-state index contributed by atoms with van der Waals surface area (Å²) in [5, 5.41) is 3.29. The van der Waals surface area contributed by atoms with Crippen LogP contribution in [-0.2, 0) is 24.3 Å². The minimum Gasteiger partial charge on any atom is -0.350 e. The number of hydrogen-bond acceptors (Lipinski definition) is 4. The fraction of sp³-hybridized carbons (Fsp3) is 0.526. The van der Waals surface area contributed by atoms with E-state index in [9.17, 15) is 4.79 Å².